The second-order valence-corrected chi connectivity index (χ2v) is 5.40. The Morgan fingerprint density at radius 2 is 2.05 bits per heavy atom. The fraction of sp³-hybridized carbons (Fsp3) is 0.533. The summed E-state index contributed by atoms with van der Waals surface area (Å²) < 4.78 is 0. The number of nitrogens with zero attached hydrogens (tertiary/aromatic N) is 4. The monoisotopic (exact) mass is 248 g/mol. The lowest BCUT2D eigenvalue weighted by atomic mass is 9.81. The fourth-order valence-corrected chi connectivity index (χ4v) is 3.32. The summed E-state index contributed by atoms with van der Waals surface area (Å²) in [5.41, 5.74) is -0.0308. The van der Waals surface area contributed by atoms with Crippen LogP contribution < -0.4 is 0 Å². The largest absolute Gasteiger partial charge is 0.238 e. The highest BCUT2D eigenvalue weighted by Gasteiger charge is 2.51. The van der Waals surface area contributed by atoms with E-state index in [1.807, 2.05) is 24.3 Å². The lowest BCUT2D eigenvalue weighted by Gasteiger charge is -2.15. The first-order chi connectivity index (χ1) is 9.25. The van der Waals surface area contributed by atoms with Crippen molar-refractivity contribution in [2.75, 3.05) is 0 Å². The first-order valence-corrected chi connectivity index (χ1v) is 6.51. The van der Waals surface area contributed by atoms with Crippen molar-refractivity contribution in [3.8, 4) is 18.2 Å². The molecule has 2 aliphatic carbocycles. The van der Waals surface area contributed by atoms with Crippen LogP contribution in [0.3, 0.4) is 0 Å². The van der Waals surface area contributed by atoms with Crippen molar-refractivity contribution in [1.82, 2.24) is 0 Å². The minimum Gasteiger partial charge on any atom is -0.238 e. The summed E-state index contributed by atoms with van der Waals surface area (Å²) >= 11 is 0. The van der Waals surface area contributed by atoms with Crippen LogP contribution in [0.1, 0.15) is 25.7 Å². The van der Waals surface area contributed by atoms with Crippen LogP contribution in [-0.2, 0) is 0 Å². The smallest absolute Gasteiger partial charge is 0.190 e. The van der Waals surface area contributed by atoms with Crippen LogP contribution in [0, 0.1) is 51.2 Å². The van der Waals surface area contributed by atoms with Gasteiger partial charge in [0.1, 0.15) is 11.6 Å². The van der Waals surface area contributed by atoms with Crippen molar-refractivity contribution in [2.45, 2.75) is 31.7 Å². The zero-order valence-corrected chi connectivity index (χ0v) is 10.4. The van der Waals surface area contributed by atoms with Gasteiger partial charge in [-0.15, -0.1) is 0 Å². The molecule has 0 bridgehead atoms. The Kier molecular flexibility index (Phi) is 2.53. The Balaban J connectivity index is 2.12. The van der Waals surface area contributed by atoms with Gasteiger partial charge in [0.05, 0.1) is 18.2 Å². The minimum absolute atomic E-state index is 0.0535. The molecule has 3 aliphatic rings. The van der Waals surface area contributed by atoms with Gasteiger partial charge in [-0.25, -0.2) is 4.99 Å². The first-order valence-electron chi connectivity index (χ1n) is 6.51. The van der Waals surface area contributed by atoms with E-state index < -0.39 is 5.41 Å². The van der Waals surface area contributed by atoms with Gasteiger partial charge in [-0.3, -0.25) is 0 Å². The Bertz CT molecular complexity index is 629. The third-order valence-electron chi connectivity index (χ3n) is 4.47. The van der Waals surface area contributed by atoms with E-state index in [2.05, 4.69) is 10.9 Å². The molecule has 1 aliphatic heterocycles. The van der Waals surface area contributed by atoms with E-state index in [0.717, 1.165) is 12.8 Å². The first kappa shape index (κ1) is 11.7. The van der Waals surface area contributed by atoms with Crippen molar-refractivity contribution in [2.24, 2.45) is 22.2 Å². The predicted octanol–water partition coefficient (Wildman–Crippen LogP) is 2.27. The van der Waals surface area contributed by atoms with Gasteiger partial charge in [0.2, 0.25) is 0 Å². The summed E-state index contributed by atoms with van der Waals surface area (Å²) in [5.74, 6) is 3.77. The molecule has 4 heteroatoms. The van der Waals surface area contributed by atoms with Crippen molar-refractivity contribution in [1.29, 1.82) is 15.8 Å². The molecular formula is C15H12N4. The number of rotatable bonds is 0. The van der Waals surface area contributed by atoms with Crippen LogP contribution in [0.5, 0.6) is 0 Å². The Morgan fingerprint density at radius 1 is 1.26 bits per heavy atom. The topological polar surface area (TPSA) is 83.7 Å². The molecule has 0 saturated heterocycles. The molecule has 2 saturated carbocycles. The number of aliphatic imine (C=N–C) groups is 1. The van der Waals surface area contributed by atoms with Gasteiger partial charge in [0, 0.05) is 12.3 Å². The number of nitriles is 3. The lowest BCUT2D eigenvalue weighted by molar-refractivity contribution is 0.422. The molecule has 0 N–H and O–H groups in total. The van der Waals surface area contributed by atoms with E-state index in [-0.39, 0.29) is 18.0 Å². The van der Waals surface area contributed by atoms with Gasteiger partial charge in [0.25, 0.3) is 0 Å². The molecule has 2 fully saturated rings. The summed E-state index contributed by atoms with van der Waals surface area (Å²) in [5, 5.41) is 27.8. The van der Waals surface area contributed by atoms with Crippen molar-refractivity contribution >= 4 is 5.87 Å². The predicted molar refractivity (Wildman–Crippen MR) is 67.5 cm³/mol. The molecule has 0 aromatic carbocycles. The number of allylic oxidation sites excluding steroid dienone is 2. The lowest BCUT2D eigenvalue weighted by Crippen LogP contribution is -2.19. The molecule has 3 atom stereocenters. The molecule has 0 radical (unpaired) electrons. The van der Waals surface area contributed by atoms with Gasteiger partial charge in [0.15, 0.2) is 5.41 Å². The molecule has 0 amide bonds. The maximum atomic E-state index is 9.30. The van der Waals surface area contributed by atoms with Crippen LogP contribution in [0.25, 0.3) is 0 Å². The average molecular weight is 248 g/mol. The second-order valence-electron chi connectivity index (χ2n) is 5.40. The van der Waals surface area contributed by atoms with Crippen molar-refractivity contribution in [3.05, 3.63) is 17.2 Å². The number of hydrogen-bond acceptors (Lipinski definition) is 4. The van der Waals surface area contributed by atoms with E-state index in [0.29, 0.717) is 11.8 Å². The van der Waals surface area contributed by atoms with Crippen LogP contribution in [0.4, 0.5) is 0 Å². The van der Waals surface area contributed by atoms with Crippen LogP contribution in [0.2, 0.25) is 0 Å². The number of fused-ring (bicyclic) bond motifs is 1. The third kappa shape index (κ3) is 1.61. The van der Waals surface area contributed by atoms with E-state index in [1.54, 1.807) is 0 Å². The van der Waals surface area contributed by atoms with E-state index >= 15 is 0 Å². The molecule has 3 rings (SSSR count). The molecular weight excluding hydrogens is 236 g/mol. The van der Waals surface area contributed by atoms with Gasteiger partial charge >= 0.3 is 0 Å². The summed E-state index contributed by atoms with van der Waals surface area (Å²) in [6.07, 6.45) is 5.62. The normalized spacial score (nSPS) is 33.8. The molecule has 3 unspecified atom stereocenters. The molecule has 0 aromatic heterocycles. The van der Waals surface area contributed by atoms with Crippen molar-refractivity contribution < 1.29 is 0 Å². The fourth-order valence-electron chi connectivity index (χ4n) is 3.32. The van der Waals surface area contributed by atoms with Gasteiger partial charge in [-0.05, 0) is 24.6 Å². The molecule has 0 spiro atoms. The maximum Gasteiger partial charge on any atom is 0.190 e. The van der Waals surface area contributed by atoms with Crippen molar-refractivity contribution in [3.63, 3.8) is 0 Å². The van der Waals surface area contributed by atoms with E-state index in [1.165, 1.54) is 12.0 Å². The second kappa shape index (κ2) is 4.10. The summed E-state index contributed by atoms with van der Waals surface area (Å²) in [6.45, 7) is 0. The molecule has 4 nitrogen and oxygen atoms in total. The zero-order valence-electron chi connectivity index (χ0n) is 10.4. The Hall–Kier alpha value is -2.34. The van der Waals surface area contributed by atoms with E-state index in [9.17, 15) is 10.5 Å². The standard InChI is InChI=1S/C15H12N4/c16-6-10-7-19-13-3-1-2-11-12(14(11)13)4-5-15(10,8-17)9-18/h4,11,13-14H,1-3,5H2. The highest BCUT2D eigenvalue weighted by atomic mass is 14.8. The molecule has 92 valence electrons. The quantitative estimate of drug-likeness (QED) is 0.616. The van der Waals surface area contributed by atoms with Gasteiger partial charge in [-0.2, -0.15) is 15.8 Å². The van der Waals surface area contributed by atoms with E-state index in [4.69, 9.17) is 5.26 Å². The Morgan fingerprint density at radius 3 is 2.74 bits per heavy atom. The maximum absolute atomic E-state index is 9.30. The molecule has 19 heavy (non-hydrogen) atoms. The summed E-state index contributed by atoms with van der Waals surface area (Å²) in [6, 6.07) is 6.08. The van der Waals surface area contributed by atoms with Gasteiger partial charge in [-0.1, -0.05) is 18.1 Å². The SMILES string of the molecule is N#CC1=C=NC2CCCC3C(=CCC1(C#N)C#N)C23. The average Bonchev–Trinajstić information content (AvgIpc) is 3.15. The van der Waals surface area contributed by atoms with Crippen LogP contribution in [0.15, 0.2) is 22.2 Å². The Labute approximate surface area is 112 Å². The number of hydrogen-bond donors (Lipinski definition) is 0. The summed E-state index contributed by atoms with van der Waals surface area (Å²) in [7, 11) is 0. The molecule has 0 aromatic rings. The van der Waals surface area contributed by atoms with Crippen LogP contribution >= 0.6 is 0 Å². The minimum atomic E-state index is -1.42. The van der Waals surface area contributed by atoms with Crippen LogP contribution in [-0.4, -0.2) is 11.9 Å². The highest BCUT2D eigenvalue weighted by Crippen LogP contribution is 2.56. The zero-order chi connectivity index (χ0) is 13.5. The summed E-state index contributed by atoms with van der Waals surface area (Å²) in [4.78, 5) is 4.38. The third-order valence-corrected chi connectivity index (χ3v) is 4.47. The van der Waals surface area contributed by atoms with Gasteiger partial charge < -0.3 is 0 Å². The molecule has 1 heterocycles. The highest BCUT2D eigenvalue weighted by molar-refractivity contribution is 5.70.